The van der Waals surface area contributed by atoms with Crippen molar-refractivity contribution >= 4 is 0 Å². The van der Waals surface area contributed by atoms with Crippen LogP contribution in [0.25, 0.3) is 0 Å². The second-order valence-electron chi connectivity index (χ2n) is 6.21. The van der Waals surface area contributed by atoms with Crippen LogP contribution in [0.3, 0.4) is 0 Å². The van der Waals surface area contributed by atoms with Crippen molar-refractivity contribution in [1.29, 1.82) is 0 Å². The Morgan fingerprint density at radius 3 is 2.65 bits per heavy atom. The first-order valence-electron chi connectivity index (χ1n) is 6.73. The highest BCUT2D eigenvalue weighted by Crippen LogP contribution is 2.31. The first-order valence-corrected chi connectivity index (χ1v) is 6.73. The normalized spacial score (nSPS) is 39.4. The SMILES string of the molecule is CC1CN(CC2(CN)CCOC2)CC1N(C)C. The van der Waals surface area contributed by atoms with Gasteiger partial charge in [-0.15, -0.1) is 0 Å². The highest BCUT2D eigenvalue weighted by Gasteiger charge is 2.39. The van der Waals surface area contributed by atoms with Crippen LogP contribution in [0, 0.1) is 11.3 Å². The van der Waals surface area contributed by atoms with Crippen molar-refractivity contribution in [2.24, 2.45) is 17.1 Å². The summed E-state index contributed by atoms with van der Waals surface area (Å²) in [5, 5.41) is 0. The fourth-order valence-electron chi connectivity index (χ4n) is 3.32. The molecule has 2 rings (SSSR count). The van der Waals surface area contributed by atoms with Gasteiger partial charge in [0.05, 0.1) is 6.61 Å². The van der Waals surface area contributed by atoms with Gasteiger partial charge in [0.2, 0.25) is 0 Å². The maximum Gasteiger partial charge on any atom is 0.0547 e. The van der Waals surface area contributed by atoms with Gasteiger partial charge in [-0.1, -0.05) is 6.92 Å². The van der Waals surface area contributed by atoms with Gasteiger partial charge in [-0.3, -0.25) is 0 Å². The van der Waals surface area contributed by atoms with Crippen LogP contribution in [0.5, 0.6) is 0 Å². The quantitative estimate of drug-likeness (QED) is 0.765. The summed E-state index contributed by atoms with van der Waals surface area (Å²) in [6.45, 7) is 8.33. The third-order valence-corrected chi connectivity index (χ3v) is 4.49. The lowest BCUT2D eigenvalue weighted by molar-refractivity contribution is 0.121. The molecule has 0 radical (unpaired) electrons. The van der Waals surface area contributed by atoms with Gasteiger partial charge in [0.25, 0.3) is 0 Å². The number of nitrogens with zero attached hydrogens (tertiary/aromatic N) is 2. The van der Waals surface area contributed by atoms with E-state index in [0.29, 0.717) is 6.04 Å². The number of likely N-dealkylation sites (tertiary alicyclic amines) is 1. The summed E-state index contributed by atoms with van der Waals surface area (Å²) in [5.41, 5.74) is 6.18. The average molecular weight is 241 g/mol. The van der Waals surface area contributed by atoms with Crippen molar-refractivity contribution in [2.75, 3.05) is 53.5 Å². The summed E-state index contributed by atoms with van der Waals surface area (Å²) in [6.07, 6.45) is 1.13. The van der Waals surface area contributed by atoms with Gasteiger partial charge < -0.3 is 20.3 Å². The van der Waals surface area contributed by atoms with Crippen LogP contribution < -0.4 is 5.73 Å². The van der Waals surface area contributed by atoms with E-state index in [1.54, 1.807) is 0 Å². The number of hydrogen-bond donors (Lipinski definition) is 1. The molecule has 0 aromatic carbocycles. The molecule has 0 aromatic heterocycles. The molecule has 17 heavy (non-hydrogen) atoms. The molecular weight excluding hydrogens is 214 g/mol. The fraction of sp³-hybridized carbons (Fsp3) is 1.00. The van der Waals surface area contributed by atoms with Gasteiger partial charge >= 0.3 is 0 Å². The van der Waals surface area contributed by atoms with Crippen molar-refractivity contribution in [3.8, 4) is 0 Å². The van der Waals surface area contributed by atoms with Crippen LogP contribution >= 0.6 is 0 Å². The lowest BCUT2D eigenvalue weighted by Crippen LogP contribution is -2.43. The Labute approximate surface area is 105 Å². The Hall–Kier alpha value is -0.160. The van der Waals surface area contributed by atoms with Crippen LogP contribution in [-0.4, -0.2) is 69.3 Å². The Balaban J connectivity index is 1.92. The number of ether oxygens (including phenoxy) is 1. The molecule has 2 fully saturated rings. The van der Waals surface area contributed by atoms with Crippen LogP contribution in [0.2, 0.25) is 0 Å². The van der Waals surface area contributed by atoms with E-state index in [2.05, 4.69) is 30.8 Å². The molecule has 3 unspecified atom stereocenters. The Morgan fingerprint density at radius 1 is 1.41 bits per heavy atom. The van der Waals surface area contributed by atoms with E-state index in [4.69, 9.17) is 10.5 Å². The molecule has 2 aliphatic rings. The number of rotatable bonds is 4. The zero-order valence-corrected chi connectivity index (χ0v) is 11.5. The number of hydrogen-bond acceptors (Lipinski definition) is 4. The lowest BCUT2D eigenvalue weighted by Gasteiger charge is -2.31. The highest BCUT2D eigenvalue weighted by atomic mass is 16.5. The smallest absolute Gasteiger partial charge is 0.0547 e. The molecule has 0 amide bonds. The molecule has 0 aromatic rings. The van der Waals surface area contributed by atoms with Crippen LogP contribution in [0.15, 0.2) is 0 Å². The van der Waals surface area contributed by atoms with Crippen molar-refractivity contribution in [2.45, 2.75) is 19.4 Å². The van der Waals surface area contributed by atoms with Crippen LogP contribution in [-0.2, 0) is 4.74 Å². The van der Waals surface area contributed by atoms with E-state index in [1.807, 2.05) is 0 Å². The number of likely N-dealkylation sites (N-methyl/N-ethyl adjacent to an activating group) is 1. The van der Waals surface area contributed by atoms with Crippen molar-refractivity contribution < 1.29 is 4.74 Å². The summed E-state index contributed by atoms with van der Waals surface area (Å²) in [5.74, 6) is 0.752. The Kier molecular flexibility index (Phi) is 4.08. The summed E-state index contributed by atoms with van der Waals surface area (Å²) in [4.78, 5) is 4.93. The van der Waals surface area contributed by atoms with Gasteiger partial charge in [-0.2, -0.15) is 0 Å². The fourth-order valence-corrected chi connectivity index (χ4v) is 3.32. The molecule has 4 heteroatoms. The Morgan fingerprint density at radius 2 is 2.18 bits per heavy atom. The first-order chi connectivity index (χ1) is 8.06. The third kappa shape index (κ3) is 2.81. The topological polar surface area (TPSA) is 41.7 Å². The molecule has 0 spiro atoms. The largest absolute Gasteiger partial charge is 0.381 e. The van der Waals surface area contributed by atoms with Crippen molar-refractivity contribution in [3.63, 3.8) is 0 Å². The predicted octanol–water partition coefficient (Wildman–Crippen LogP) is 0.234. The average Bonchev–Trinajstić information content (AvgIpc) is 2.87. The highest BCUT2D eigenvalue weighted by molar-refractivity contribution is 4.93. The van der Waals surface area contributed by atoms with E-state index >= 15 is 0 Å². The second kappa shape index (κ2) is 5.22. The molecule has 0 bridgehead atoms. The lowest BCUT2D eigenvalue weighted by atomic mass is 9.87. The predicted molar refractivity (Wildman–Crippen MR) is 70.0 cm³/mol. The molecule has 0 saturated carbocycles. The molecule has 2 aliphatic heterocycles. The van der Waals surface area contributed by atoms with E-state index in [9.17, 15) is 0 Å². The zero-order chi connectivity index (χ0) is 12.5. The molecule has 2 heterocycles. The maximum atomic E-state index is 5.96. The van der Waals surface area contributed by atoms with E-state index < -0.39 is 0 Å². The van der Waals surface area contributed by atoms with Gasteiger partial charge in [-0.05, 0) is 26.4 Å². The molecule has 0 aliphatic carbocycles. The van der Waals surface area contributed by atoms with Gasteiger partial charge in [-0.25, -0.2) is 0 Å². The van der Waals surface area contributed by atoms with Gasteiger partial charge in [0.1, 0.15) is 0 Å². The third-order valence-electron chi connectivity index (χ3n) is 4.49. The van der Waals surface area contributed by atoms with E-state index in [0.717, 1.165) is 38.6 Å². The monoisotopic (exact) mass is 241 g/mol. The van der Waals surface area contributed by atoms with Gasteiger partial charge in [0.15, 0.2) is 0 Å². The molecule has 4 nitrogen and oxygen atoms in total. The minimum atomic E-state index is 0.223. The first kappa shape index (κ1) is 13.3. The van der Waals surface area contributed by atoms with Crippen LogP contribution in [0.4, 0.5) is 0 Å². The standard InChI is InChI=1S/C13H27N3O/c1-11-6-16(7-12(11)15(2)3)9-13(8-14)4-5-17-10-13/h11-12H,4-10,14H2,1-3H3. The molecule has 3 atom stereocenters. The summed E-state index contributed by atoms with van der Waals surface area (Å²) in [6, 6.07) is 0.687. The Bertz CT molecular complexity index is 251. The summed E-state index contributed by atoms with van der Waals surface area (Å²) < 4.78 is 5.55. The maximum absolute atomic E-state index is 5.96. The minimum absolute atomic E-state index is 0.223. The second-order valence-corrected chi connectivity index (χ2v) is 6.21. The minimum Gasteiger partial charge on any atom is -0.381 e. The van der Waals surface area contributed by atoms with Gasteiger partial charge in [0, 0.05) is 44.2 Å². The molecule has 100 valence electrons. The zero-order valence-electron chi connectivity index (χ0n) is 11.5. The van der Waals surface area contributed by atoms with E-state index in [1.165, 1.54) is 13.1 Å². The number of nitrogens with two attached hydrogens (primary N) is 1. The summed E-state index contributed by atoms with van der Waals surface area (Å²) in [7, 11) is 4.37. The molecule has 2 N–H and O–H groups in total. The molecule has 2 saturated heterocycles. The van der Waals surface area contributed by atoms with Crippen LogP contribution in [0.1, 0.15) is 13.3 Å². The van der Waals surface area contributed by atoms with E-state index in [-0.39, 0.29) is 5.41 Å². The molecular formula is C13H27N3O. The summed E-state index contributed by atoms with van der Waals surface area (Å²) >= 11 is 0. The van der Waals surface area contributed by atoms with Crippen molar-refractivity contribution in [3.05, 3.63) is 0 Å². The van der Waals surface area contributed by atoms with Crippen molar-refractivity contribution in [1.82, 2.24) is 9.80 Å².